The Bertz CT molecular complexity index is 2460. The fraction of sp³-hybridized carbons (Fsp3) is 0.462. The molecule has 7 amide bonds. The van der Waals surface area contributed by atoms with E-state index in [9.17, 15) is 58.5 Å². The molecule has 2 aromatic carbocycles. The lowest BCUT2D eigenvalue weighted by molar-refractivity contribution is -0.146. The molecule has 1 aliphatic heterocycles. The molecule has 10 atom stereocenters. The van der Waals surface area contributed by atoms with Gasteiger partial charge in [0.15, 0.2) is 5.96 Å². The molecule has 1 aliphatic rings. The highest BCUT2D eigenvalue weighted by atomic mass is 16.5. The van der Waals surface area contributed by atoms with Crippen molar-refractivity contribution >= 4 is 59.2 Å². The summed E-state index contributed by atoms with van der Waals surface area (Å²) in [6, 6.07) is 6.13. The van der Waals surface area contributed by atoms with Gasteiger partial charge in [0.25, 0.3) is 5.91 Å². The van der Waals surface area contributed by atoms with Crippen LogP contribution in [0.2, 0.25) is 0 Å². The third-order valence-corrected chi connectivity index (χ3v) is 12.4. The van der Waals surface area contributed by atoms with E-state index < -0.39 is 114 Å². The van der Waals surface area contributed by atoms with Crippen LogP contribution in [0.25, 0.3) is 0 Å². The number of phenolic OH excluding ortho intramolecular Hbond substituents is 1. The predicted octanol–water partition coefficient (Wildman–Crippen LogP) is 0.569. The number of carboxylic acids is 2. The molecule has 0 saturated carbocycles. The molecule has 0 radical (unpaired) electrons. The smallest absolute Gasteiger partial charge is 0.327 e. The van der Waals surface area contributed by atoms with Crippen LogP contribution in [-0.2, 0) is 60.7 Å². The van der Waals surface area contributed by atoms with E-state index in [-0.39, 0.29) is 55.2 Å². The zero-order valence-electron chi connectivity index (χ0n) is 43.3. The Labute approximate surface area is 435 Å². The monoisotopic (exact) mass is 1040 g/mol. The number of ether oxygens (including phenoxy) is 1. The van der Waals surface area contributed by atoms with E-state index >= 15 is 0 Å². The van der Waals surface area contributed by atoms with E-state index in [0.717, 1.165) is 5.56 Å². The molecule has 23 nitrogen and oxygen atoms in total. The molecular formula is C52H72N10O13. The number of aliphatic carboxylic acids is 2. The van der Waals surface area contributed by atoms with Gasteiger partial charge in [-0.3, -0.25) is 38.6 Å². The summed E-state index contributed by atoms with van der Waals surface area (Å²) in [7, 11) is 1.60. The molecular weight excluding hydrogens is 973 g/mol. The van der Waals surface area contributed by atoms with Crippen LogP contribution in [0.3, 0.4) is 0 Å². The molecule has 75 heavy (non-hydrogen) atoms. The van der Waals surface area contributed by atoms with E-state index in [1.54, 1.807) is 20.1 Å². The van der Waals surface area contributed by atoms with Crippen molar-refractivity contribution in [3.63, 3.8) is 0 Å². The number of amides is 7. The van der Waals surface area contributed by atoms with Crippen LogP contribution in [0.1, 0.15) is 78.4 Å². The van der Waals surface area contributed by atoms with E-state index in [4.69, 9.17) is 16.2 Å². The van der Waals surface area contributed by atoms with Crippen LogP contribution < -0.4 is 48.7 Å². The molecule has 3 rings (SSSR count). The Kier molecular flexibility index (Phi) is 24.6. The molecule has 14 N–H and O–H groups in total. The summed E-state index contributed by atoms with van der Waals surface area (Å²) in [6.45, 7) is 9.06. The van der Waals surface area contributed by atoms with Crippen molar-refractivity contribution in [1.82, 2.24) is 37.2 Å². The SMILES string of the molecule is CC=C1NC(=O)CC[C@H](C(=O)O)NC(=O)[C@@H](C)[C@H](/C=C/C(C)=C/[C@H](C)[C@H](Cc2ccccc2)OC)NC(=O)[C@H](CCCN=C(N)N)NC(=O)[C@@H](C)[C@H](C(=O)O)NC(=O)[C@H](Cc2ccc(O)cc2)NC(=O)[C@@H](C)NC1=O. The summed E-state index contributed by atoms with van der Waals surface area (Å²) in [5.41, 5.74) is 12.9. The van der Waals surface area contributed by atoms with Gasteiger partial charge in [-0.2, -0.15) is 0 Å². The molecule has 0 bridgehead atoms. The van der Waals surface area contributed by atoms with Gasteiger partial charge in [0.1, 0.15) is 41.7 Å². The fourth-order valence-electron chi connectivity index (χ4n) is 7.83. The average Bonchev–Trinajstić information content (AvgIpc) is 3.36. The second kappa shape index (κ2) is 30.2. The predicted molar refractivity (Wildman–Crippen MR) is 277 cm³/mol. The fourth-order valence-corrected chi connectivity index (χ4v) is 7.83. The molecule has 0 spiro atoms. The van der Waals surface area contributed by atoms with Crippen molar-refractivity contribution < 1.29 is 63.2 Å². The van der Waals surface area contributed by atoms with Crippen LogP contribution in [0.4, 0.5) is 0 Å². The maximum atomic E-state index is 14.4. The maximum absolute atomic E-state index is 14.4. The molecule has 1 fully saturated rings. The van der Waals surface area contributed by atoms with Gasteiger partial charge >= 0.3 is 11.9 Å². The number of carbonyl (C=O) groups excluding carboxylic acids is 7. The Morgan fingerprint density at radius 1 is 0.787 bits per heavy atom. The van der Waals surface area contributed by atoms with Crippen molar-refractivity contribution in [2.24, 2.45) is 34.2 Å². The molecule has 0 aliphatic carbocycles. The van der Waals surface area contributed by atoms with Gasteiger partial charge in [-0.15, -0.1) is 0 Å². The molecule has 0 unspecified atom stereocenters. The molecule has 0 aromatic heterocycles. The third-order valence-electron chi connectivity index (χ3n) is 12.4. The first-order valence-electron chi connectivity index (χ1n) is 24.5. The number of hydrogen-bond donors (Lipinski definition) is 12. The summed E-state index contributed by atoms with van der Waals surface area (Å²) in [4.78, 5) is 126. The Balaban J connectivity index is 2.14. The zero-order chi connectivity index (χ0) is 55.9. The van der Waals surface area contributed by atoms with E-state index in [1.165, 1.54) is 64.1 Å². The lowest BCUT2D eigenvalue weighted by Crippen LogP contribution is -2.59. The van der Waals surface area contributed by atoms with Crippen LogP contribution in [-0.4, -0.2) is 131 Å². The second-order valence-corrected chi connectivity index (χ2v) is 18.4. The number of methoxy groups -OCH3 is 1. The summed E-state index contributed by atoms with van der Waals surface area (Å²) < 4.78 is 5.82. The number of hydrogen-bond acceptors (Lipinski definition) is 12. The second-order valence-electron chi connectivity index (χ2n) is 18.4. The normalized spacial score (nSPS) is 24.9. The number of phenols is 1. The van der Waals surface area contributed by atoms with Gasteiger partial charge < -0.3 is 68.7 Å². The summed E-state index contributed by atoms with van der Waals surface area (Å²) in [5.74, 6) is -12.9. The topological polar surface area (TPSA) is 372 Å². The van der Waals surface area contributed by atoms with Crippen LogP contribution in [0.15, 0.2) is 95.2 Å². The highest BCUT2D eigenvalue weighted by molar-refractivity contribution is 6.01. The number of nitrogens with zero attached hydrogens (tertiary/aromatic N) is 1. The van der Waals surface area contributed by atoms with Gasteiger partial charge in [-0.25, -0.2) is 9.59 Å². The highest BCUT2D eigenvalue weighted by Crippen LogP contribution is 2.19. The third kappa shape index (κ3) is 20.4. The number of nitrogens with two attached hydrogens (primary N) is 2. The van der Waals surface area contributed by atoms with Crippen LogP contribution >= 0.6 is 0 Å². The Morgan fingerprint density at radius 3 is 2.01 bits per heavy atom. The van der Waals surface area contributed by atoms with Gasteiger partial charge in [-0.1, -0.05) is 93.1 Å². The number of carboxylic acid groups (broad SMARTS) is 2. The molecule has 1 saturated heterocycles. The summed E-state index contributed by atoms with van der Waals surface area (Å²) in [5, 5.41) is 47.8. The van der Waals surface area contributed by atoms with Crippen molar-refractivity contribution in [2.45, 2.75) is 122 Å². The molecule has 2 aromatic rings. The first-order chi connectivity index (χ1) is 35.4. The number of carbonyl (C=O) groups is 9. The number of nitrogens with one attached hydrogen (secondary N) is 7. The maximum Gasteiger partial charge on any atom is 0.327 e. The highest BCUT2D eigenvalue weighted by Gasteiger charge is 2.37. The number of guanidine groups is 1. The Morgan fingerprint density at radius 2 is 1.41 bits per heavy atom. The van der Waals surface area contributed by atoms with Crippen LogP contribution in [0.5, 0.6) is 5.75 Å². The van der Waals surface area contributed by atoms with Gasteiger partial charge in [-0.05, 0) is 69.7 Å². The number of benzene rings is 2. The van der Waals surface area contributed by atoms with Crippen molar-refractivity contribution in [2.75, 3.05) is 13.7 Å². The average molecular weight is 1050 g/mol. The van der Waals surface area contributed by atoms with E-state index in [2.05, 4.69) is 42.2 Å². The minimum atomic E-state index is -1.96. The number of allylic oxidation sites excluding steroid dienone is 3. The largest absolute Gasteiger partial charge is 0.508 e. The first kappa shape index (κ1) is 61.2. The lowest BCUT2D eigenvalue weighted by Gasteiger charge is -2.28. The first-order valence-corrected chi connectivity index (χ1v) is 24.5. The zero-order valence-corrected chi connectivity index (χ0v) is 43.3. The molecule has 408 valence electrons. The minimum absolute atomic E-state index is 0.00345. The molecule has 23 heteroatoms. The number of rotatable bonds is 15. The quantitative estimate of drug-likeness (QED) is 0.0382. The standard InChI is InChI=1S/C52H72N10O13/c1-8-36-47(68)56-32(6)46(67)61-40(26-34-17-19-35(63)20-18-34)49(70)62-43(51(73)74)31(5)45(66)59-38(15-12-24-55-52(53)54)48(69)58-37(30(4)44(65)60-39(50(71)72)22-23-42(64)57-36)21-16-28(2)25-29(3)41(75-7)27-33-13-10-9-11-14-33/h8-11,13-14,16-21,25,29-32,37-41,43,63H,12,15,22-24,26-27H2,1-7H3,(H,56,68)(H,57,64)(H,58,69)(H,59,66)(H,60,65)(H,61,67)(H,62,70)(H,71,72)(H,73,74)(H4,53,54,55)/b21-16+,28-25+,36-8?/t29-,30-,31-,32+,37-,38-,39+,40-,41-,43+/m0/s1. The van der Waals surface area contributed by atoms with Crippen molar-refractivity contribution in [3.05, 3.63) is 101 Å². The Hall–Kier alpha value is -8.08. The van der Waals surface area contributed by atoms with Crippen molar-refractivity contribution in [3.8, 4) is 5.75 Å². The van der Waals surface area contributed by atoms with Crippen molar-refractivity contribution in [1.29, 1.82) is 0 Å². The molecule has 1 heterocycles. The van der Waals surface area contributed by atoms with E-state index in [0.29, 0.717) is 17.6 Å². The summed E-state index contributed by atoms with van der Waals surface area (Å²) >= 11 is 0. The number of aliphatic imine (C=N–C) groups is 1. The van der Waals surface area contributed by atoms with Crippen LogP contribution in [0, 0.1) is 17.8 Å². The number of aromatic hydroxyl groups is 1. The minimum Gasteiger partial charge on any atom is -0.508 e. The lowest BCUT2D eigenvalue weighted by atomic mass is 9.94. The summed E-state index contributed by atoms with van der Waals surface area (Å²) in [6.07, 6.45) is 5.45. The van der Waals surface area contributed by atoms with E-state index in [1.807, 2.05) is 43.3 Å². The van der Waals surface area contributed by atoms with Gasteiger partial charge in [0.05, 0.1) is 24.0 Å². The van der Waals surface area contributed by atoms with Gasteiger partial charge in [0, 0.05) is 32.4 Å². The van der Waals surface area contributed by atoms with Gasteiger partial charge in [0.2, 0.25) is 35.4 Å².